The van der Waals surface area contributed by atoms with Gasteiger partial charge in [-0.1, -0.05) is 0 Å². The number of alkyl carbamates (subject to hydrolysis) is 1. The van der Waals surface area contributed by atoms with Crippen molar-refractivity contribution in [2.75, 3.05) is 13.1 Å². The van der Waals surface area contributed by atoms with Crippen LogP contribution in [0.5, 0.6) is 0 Å². The molecule has 2 atom stereocenters. The molecule has 0 saturated carbocycles. The Labute approximate surface area is 93.7 Å². The zero-order valence-corrected chi connectivity index (χ0v) is 9.72. The lowest BCUT2D eigenvalue weighted by atomic mass is 10.1. The van der Waals surface area contributed by atoms with E-state index < -0.39 is 30.1 Å². The SMILES string of the molecule is CC(C)(C)OC(=O)NC1CNCC1C(F)F. The Morgan fingerprint density at radius 1 is 1.44 bits per heavy atom. The Morgan fingerprint density at radius 2 is 2.06 bits per heavy atom. The lowest BCUT2D eigenvalue weighted by Gasteiger charge is -2.23. The molecule has 1 rings (SSSR count). The van der Waals surface area contributed by atoms with Gasteiger partial charge < -0.3 is 15.4 Å². The van der Waals surface area contributed by atoms with Crippen molar-refractivity contribution in [3.05, 3.63) is 0 Å². The topological polar surface area (TPSA) is 50.4 Å². The fourth-order valence-electron chi connectivity index (χ4n) is 1.58. The minimum atomic E-state index is -2.44. The van der Waals surface area contributed by atoms with Crippen molar-refractivity contribution in [3.8, 4) is 0 Å². The predicted molar refractivity (Wildman–Crippen MR) is 55.5 cm³/mol. The average molecular weight is 236 g/mol. The van der Waals surface area contributed by atoms with Gasteiger partial charge in [-0.25, -0.2) is 13.6 Å². The van der Waals surface area contributed by atoms with Crippen LogP contribution >= 0.6 is 0 Å². The summed E-state index contributed by atoms with van der Waals surface area (Å²) in [5, 5.41) is 5.28. The molecule has 16 heavy (non-hydrogen) atoms. The molecule has 1 fully saturated rings. The van der Waals surface area contributed by atoms with Crippen molar-refractivity contribution < 1.29 is 18.3 Å². The summed E-state index contributed by atoms with van der Waals surface area (Å²) >= 11 is 0. The third-order valence-corrected chi connectivity index (χ3v) is 2.29. The zero-order chi connectivity index (χ0) is 12.3. The van der Waals surface area contributed by atoms with Crippen LogP contribution < -0.4 is 10.6 Å². The van der Waals surface area contributed by atoms with Gasteiger partial charge in [0.25, 0.3) is 0 Å². The molecule has 1 aliphatic heterocycles. The average Bonchev–Trinajstić information content (AvgIpc) is 2.47. The number of halogens is 2. The van der Waals surface area contributed by atoms with Gasteiger partial charge in [0.1, 0.15) is 5.60 Å². The third-order valence-electron chi connectivity index (χ3n) is 2.29. The molecule has 1 aliphatic rings. The second-order valence-corrected chi connectivity index (χ2v) is 4.91. The van der Waals surface area contributed by atoms with E-state index in [0.29, 0.717) is 6.54 Å². The normalized spacial score (nSPS) is 25.9. The number of hydrogen-bond donors (Lipinski definition) is 2. The van der Waals surface area contributed by atoms with Gasteiger partial charge in [0, 0.05) is 13.1 Å². The highest BCUT2D eigenvalue weighted by Crippen LogP contribution is 2.18. The number of rotatable bonds is 2. The summed E-state index contributed by atoms with van der Waals surface area (Å²) in [7, 11) is 0. The largest absolute Gasteiger partial charge is 0.444 e. The molecule has 1 amide bonds. The Hall–Kier alpha value is -0.910. The number of nitrogens with one attached hydrogen (secondary N) is 2. The first-order valence-electron chi connectivity index (χ1n) is 5.28. The van der Waals surface area contributed by atoms with Crippen molar-refractivity contribution in [2.45, 2.75) is 38.8 Å². The Bertz CT molecular complexity index is 254. The van der Waals surface area contributed by atoms with Gasteiger partial charge in [-0.3, -0.25) is 0 Å². The van der Waals surface area contributed by atoms with Crippen LogP contribution in [-0.4, -0.2) is 37.3 Å². The van der Waals surface area contributed by atoms with Crippen LogP contribution in [0.15, 0.2) is 0 Å². The molecule has 4 nitrogen and oxygen atoms in total. The molecule has 0 spiro atoms. The Morgan fingerprint density at radius 3 is 2.56 bits per heavy atom. The van der Waals surface area contributed by atoms with E-state index in [1.54, 1.807) is 20.8 Å². The first-order chi connectivity index (χ1) is 7.29. The van der Waals surface area contributed by atoms with Crippen molar-refractivity contribution in [1.82, 2.24) is 10.6 Å². The quantitative estimate of drug-likeness (QED) is 0.761. The minimum Gasteiger partial charge on any atom is -0.444 e. The van der Waals surface area contributed by atoms with Crippen LogP contribution in [-0.2, 0) is 4.74 Å². The molecule has 6 heteroatoms. The Balaban J connectivity index is 2.44. The molecule has 1 saturated heterocycles. The van der Waals surface area contributed by atoms with Crippen molar-refractivity contribution in [3.63, 3.8) is 0 Å². The molecule has 94 valence electrons. The smallest absolute Gasteiger partial charge is 0.407 e. The first kappa shape index (κ1) is 13.2. The van der Waals surface area contributed by atoms with Crippen LogP contribution in [0.25, 0.3) is 0 Å². The van der Waals surface area contributed by atoms with Gasteiger partial charge >= 0.3 is 6.09 Å². The molecule has 0 aromatic heterocycles. The van der Waals surface area contributed by atoms with Crippen molar-refractivity contribution in [1.29, 1.82) is 0 Å². The molecule has 2 N–H and O–H groups in total. The molecule has 0 aromatic rings. The van der Waals surface area contributed by atoms with Gasteiger partial charge in [0.05, 0.1) is 12.0 Å². The second kappa shape index (κ2) is 4.95. The predicted octanol–water partition coefficient (Wildman–Crippen LogP) is 1.36. The van der Waals surface area contributed by atoms with Gasteiger partial charge in [0.15, 0.2) is 0 Å². The summed E-state index contributed by atoms with van der Waals surface area (Å²) < 4.78 is 30.1. The molecule has 1 heterocycles. The lowest BCUT2D eigenvalue weighted by molar-refractivity contribution is 0.0410. The van der Waals surface area contributed by atoms with Crippen molar-refractivity contribution in [2.24, 2.45) is 5.92 Å². The fourth-order valence-corrected chi connectivity index (χ4v) is 1.58. The maximum absolute atomic E-state index is 12.5. The number of hydrogen-bond acceptors (Lipinski definition) is 3. The van der Waals surface area contributed by atoms with E-state index in [1.807, 2.05) is 0 Å². The molecule has 0 aromatic carbocycles. The number of amides is 1. The number of carbonyl (C=O) groups is 1. The summed E-state index contributed by atoms with van der Waals surface area (Å²) in [4.78, 5) is 11.4. The standard InChI is InChI=1S/C10H18F2N2O2/c1-10(2,3)16-9(15)14-7-5-13-4-6(7)8(11)12/h6-8,13H,4-5H2,1-3H3,(H,14,15). The van der Waals surface area contributed by atoms with Crippen LogP contribution in [0.1, 0.15) is 20.8 Å². The zero-order valence-electron chi connectivity index (χ0n) is 9.72. The molecular weight excluding hydrogens is 218 g/mol. The van der Waals surface area contributed by atoms with Gasteiger partial charge in [0.2, 0.25) is 6.43 Å². The number of ether oxygens (including phenoxy) is 1. The van der Waals surface area contributed by atoms with E-state index in [9.17, 15) is 13.6 Å². The van der Waals surface area contributed by atoms with Crippen LogP contribution in [0.3, 0.4) is 0 Å². The summed E-state index contributed by atoms with van der Waals surface area (Å²) in [6.45, 7) is 5.75. The van der Waals surface area contributed by atoms with E-state index in [4.69, 9.17) is 4.74 Å². The highest BCUT2D eigenvalue weighted by molar-refractivity contribution is 5.68. The summed E-state index contributed by atoms with van der Waals surface area (Å²) in [5.41, 5.74) is -0.615. The van der Waals surface area contributed by atoms with E-state index >= 15 is 0 Å². The number of carbonyl (C=O) groups excluding carboxylic acids is 1. The van der Waals surface area contributed by atoms with Gasteiger partial charge in [-0.2, -0.15) is 0 Å². The van der Waals surface area contributed by atoms with Crippen LogP contribution in [0, 0.1) is 5.92 Å². The summed E-state index contributed by atoms with van der Waals surface area (Å²) in [6.07, 6.45) is -3.08. The lowest BCUT2D eigenvalue weighted by Crippen LogP contribution is -2.44. The highest BCUT2D eigenvalue weighted by atomic mass is 19.3. The molecule has 0 bridgehead atoms. The van der Waals surface area contributed by atoms with E-state index in [1.165, 1.54) is 0 Å². The second-order valence-electron chi connectivity index (χ2n) is 4.91. The Kier molecular flexibility index (Phi) is 4.07. The monoisotopic (exact) mass is 236 g/mol. The first-order valence-corrected chi connectivity index (χ1v) is 5.28. The summed E-state index contributed by atoms with van der Waals surface area (Å²) in [6, 6.07) is -0.560. The number of alkyl halides is 2. The van der Waals surface area contributed by atoms with Gasteiger partial charge in [-0.05, 0) is 20.8 Å². The van der Waals surface area contributed by atoms with Crippen LogP contribution in [0.2, 0.25) is 0 Å². The maximum atomic E-state index is 12.5. The van der Waals surface area contributed by atoms with Gasteiger partial charge in [-0.15, -0.1) is 0 Å². The molecule has 2 unspecified atom stereocenters. The van der Waals surface area contributed by atoms with Crippen molar-refractivity contribution >= 4 is 6.09 Å². The molecule has 0 aliphatic carbocycles. The fraction of sp³-hybridized carbons (Fsp3) is 0.900. The molecule has 0 radical (unpaired) electrons. The van der Waals surface area contributed by atoms with E-state index in [0.717, 1.165) is 0 Å². The minimum absolute atomic E-state index is 0.220. The van der Waals surface area contributed by atoms with Crippen LogP contribution in [0.4, 0.5) is 13.6 Å². The summed E-state index contributed by atoms with van der Waals surface area (Å²) in [5.74, 6) is -0.840. The molecular formula is C10H18F2N2O2. The highest BCUT2D eigenvalue weighted by Gasteiger charge is 2.35. The van der Waals surface area contributed by atoms with E-state index in [2.05, 4.69) is 10.6 Å². The van der Waals surface area contributed by atoms with E-state index in [-0.39, 0.29) is 6.54 Å². The third kappa shape index (κ3) is 3.92. The maximum Gasteiger partial charge on any atom is 0.407 e.